The third-order valence-corrected chi connectivity index (χ3v) is 17.1. The van der Waals surface area contributed by atoms with Crippen molar-refractivity contribution in [2.24, 2.45) is 0 Å². The molecule has 7 aliphatic heterocycles. The minimum Gasteiger partial charge on any atom is -0.453 e. The Balaban J connectivity index is 0.000000132. The second-order valence-corrected chi connectivity index (χ2v) is 24.9. The van der Waals surface area contributed by atoms with Gasteiger partial charge in [0, 0.05) is 83.6 Å². The van der Waals surface area contributed by atoms with Crippen LogP contribution in [0.15, 0.2) is 133 Å². The molecule has 16 heteroatoms. The Bertz CT molecular complexity index is 3310. The first-order chi connectivity index (χ1) is 38.7. The van der Waals surface area contributed by atoms with Crippen LogP contribution in [0.1, 0.15) is 114 Å². The molecule has 5 saturated heterocycles. The van der Waals surface area contributed by atoms with Gasteiger partial charge in [-0.05, 0) is 166 Å². The molecular formula is C65H74BClN6O8. The van der Waals surface area contributed by atoms with Gasteiger partial charge in [0.05, 0.1) is 34.0 Å². The topological polar surface area (TPSA) is 143 Å². The Morgan fingerprint density at radius 1 is 0.580 bits per heavy atom. The van der Waals surface area contributed by atoms with Gasteiger partial charge in [-0.15, -0.1) is 0 Å². The van der Waals surface area contributed by atoms with E-state index in [9.17, 15) is 14.4 Å². The molecule has 5 fully saturated rings. The molecule has 7 heterocycles. The molecule has 6 aromatic carbocycles. The van der Waals surface area contributed by atoms with Gasteiger partial charge in [0.15, 0.2) is 23.0 Å². The van der Waals surface area contributed by atoms with Crippen molar-refractivity contribution in [1.82, 2.24) is 10.2 Å². The van der Waals surface area contributed by atoms with Crippen LogP contribution in [-0.4, -0.2) is 83.0 Å². The number of anilines is 6. The highest BCUT2D eigenvalue weighted by atomic mass is 35.5. The average Bonchev–Trinajstić information content (AvgIpc) is 4.13. The molecule has 6 atom stereocenters. The average molecular weight is 1110 g/mol. The van der Waals surface area contributed by atoms with Crippen LogP contribution >= 0.6 is 11.6 Å². The molecule has 2 unspecified atom stereocenters. The minimum atomic E-state index is -0.477. The molecule has 4 bridgehead atoms. The third-order valence-electron chi connectivity index (χ3n) is 16.9. The number of ether oxygens (including phenoxy) is 3. The van der Waals surface area contributed by atoms with Crippen molar-refractivity contribution in [2.75, 3.05) is 20.4 Å². The Morgan fingerprint density at radius 2 is 1.06 bits per heavy atom. The lowest BCUT2D eigenvalue weighted by Gasteiger charge is -2.45. The number of hydrogen-bond acceptors (Lipinski definition) is 11. The van der Waals surface area contributed by atoms with Gasteiger partial charge in [0.1, 0.15) is 5.60 Å². The summed E-state index contributed by atoms with van der Waals surface area (Å²) in [5.74, 6) is 3.21. The highest BCUT2D eigenvalue weighted by Gasteiger charge is 2.52. The molecule has 0 radical (unpaired) electrons. The third kappa shape index (κ3) is 11.7. The van der Waals surface area contributed by atoms with E-state index in [-0.39, 0.29) is 47.2 Å². The van der Waals surface area contributed by atoms with E-state index in [0.29, 0.717) is 23.1 Å². The number of nitrogens with zero attached hydrogens (tertiary/aromatic N) is 3. The highest BCUT2D eigenvalue weighted by molar-refractivity contribution is 6.64. The predicted molar refractivity (Wildman–Crippen MR) is 322 cm³/mol. The second-order valence-electron chi connectivity index (χ2n) is 24.4. The molecule has 13 rings (SSSR count). The van der Waals surface area contributed by atoms with E-state index in [4.69, 9.17) is 35.1 Å². The van der Waals surface area contributed by atoms with Crippen LogP contribution in [0.4, 0.5) is 38.9 Å². The van der Waals surface area contributed by atoms with Crippen molar-refractivity contribution in [3.8, 4) is 34.1 Å². The summed E-state index contributed by atoms with van der Waals surface area (Å²) in [7, 11) is -0.465. The summed E-state index contributed by atoms with van der Waals surface area (Å²) in [6.45, 7) is 16.8. The van der Waals surface area contributed by atoms with Crippen LogP contribution in [0.3, 0.4) is 0 Å². The van der Waals surface area contributed by atoms with Crippen molar-refractivity contribution < 1.29 is 37.9 Å². The van der Waals surface area contributed by atoms with Gasteiger partial charge >= 0.3 is 13.2 Å². The van der Waals surface area contributed by atoms with Crippen molar-refractivity contribution in [3.05, 3.63) is 138 Å². The van der Waals surface area contributed by atoms with Crippen LogP contribution in [0.5, 0.6) is 23.0 Å². The lowest BCUT2D eigenvalue weighted by molar-refractivity contribution is -0.115. The molecule has 3 amide bonds. The molecule has 6 aromatic rings. The van der Waals surface area contributed by atoms with Crippen molar-refractivity contribution >= 4 is 76.2 Å². The van der Waals surface area contributed by atoms with Crippen LogP contribution in [0.2, 0.25) is 5.02 Å². The van der Waals surface area contributed by atoms with E-state index < -0.39 is 12.7 Å². The Hall–Kier alpha value is -7.04. The number of fused-ring (bicyclic) bond motifs is 8. The summed E-state index contributed by atoms with van der Waals surface area (Å²) in [6.07, 6.45) is 8.55. The number of carbonyl (C=O) groups is 3. The molecule has 0 aromatic heterocycles. The lowest BCUT2D eigenvalue weighted by Crippen LogP contribution is -2.53. The SMILES string of the molecule is CC(=O)Nc1ccccc1-c1ccc2c(c1)Oc1ccccc1N2C1C[C@H]2CC[C@@H](C1)N2.CC(=O)Nc1ccccc1B1OC(C)(C)C(C)(C)O1.CC(C)(C)OC(=O)N1[C@@H]2CC[C@H]1CC(N1c3ccccc3Oc3cc(Cl)ccc31)C2. The summed E-state index contributed by atoms with van der Waals surface area (Å²) in [5.41, 5.74) is 7.52. The normalized spacial score (nSPS) is 23.1. The lowest BCUT2D eigenvalue weighted by atomic mass is 9.78. The zero-order valence-electron chi connectivity index (χ0n) is 47.9. The zero-order chi connectivity index (χ0) is 57.0. The Morgan fingerprint density at radius 3 is 1.64 bits per heavy atom. The molecule has 422 valence electrons. The van der Waals surface area contributed by atoms with Gasteiger partial charge in [-0.3, -0.25) is 9.59 Å². The molecule has 81 heavy (non-hydrogen) atoms. The van der Waals surface area contributed by atoms with E-state index in [1.807, 2.05) is 144 Å². The molecule has 3 N–H and O–H groups in total. The molecule has 0 saturated carbocycles. The monoisotopic (exact) mass is 1110 g/mol. The number of nitrogens with one attached hydrogen (secondary N) is 3. The van der Waals surface area contributed by atoms with Crippen molar-refractivity contribution in [1.29, 1.82) is 0 Å². The van der Waals surface area contributed by atoms with Gasteiger partial charge in [-0.1, -0.05) is 78.3 Å². The van der Waals surface area contributed by atoms with Gasteiger partial charge in [-0.2, -0.15) is 0 Å². The van der Waals surface area contributed by atoms with E-state index in [2.05, 4.69) is 68.2 Å². The van der Waals surface area contributed by atoms with Gasteiger partial charge < -0.3 is 54.2 Å². The maximum Gasteiger partial charge on any atom is 0.496 e. The van der Waals surface area contributed by atoms with Crippen LogP contribution in [-0.2, 0) is 23.6 Å². The fourth-order valence-corrected chi connectivity index (χ4v) is 12.9. The second kappa shape index (κ2) is 22.4. The van der Waals surface area contributed by atoms with E-state index >= 15 is 0 Å². The highest BCUT2D eigenvalue weighted by Crippen LogP contribution is 2.53. The Labute approximate surface area is 481 Å². The van der Waals surface area contributed by atoms with Crippen molar-refractivity contribution in [3.63, 3.8) is 0 Å². The van der Waals surface area contributed by atoms with Crippen LogP contribution < -0.4 is 40.7 Å². The minimum absolute atomic E-state index is 0.0766. The summed E-state index contributed by atoms with van der Waals surface area (Å²) >= 11 is 6.24. The number of amides is 3. The first-order valence-corrected chi connectivity index (χ1v) is 29.0. The van der Waals surface area contributed by atoms with Crippen LogP contribution in [0, 0.1) is 0 Å². The number of benzene rings is 6. The number of piperidine rings is 2. The number of para-hydroxylation sites is 6. The molecular weight excluding hydrogens is 1040 g/mol. The van der Waals surface area contributed by atoms with E-state index in [1.54, 1.807) is 0 Å². The summed E-state index contributed by atoms with van der Waals surface area (Å²) in [6, 6.07) is 46.5. The van der Waals surface area contributed by atoms with Crippen molar-refractivity contribution in [2.45, 2.75) is 167 Å². The summed E-state index contributed by atoms with van der Waals surface area (Å²) in [5, 5.41) is 10.2. The van der Waals surface area contributed by atoms with E-state index in [1.165, 1.54) is 26.7 Å². The molecule has 14 nitrogen and oxygen atoms in total. The quantitative estimate of drug-likeness (QED) is 0.137. The van der Waals surface area contributed by atoms with Crippen LogP contribution in [0.25, 0.3) is 11.1 Å². The molecule has 0 spiro atoms. The fraction of sp³-hybridized carbons (Fsp3) is 0.400. The molecule has 0 aliphatic carbocycles. The maximum absolute atomic E-state index is 12.8. The van der Waals surface area contributed by atoms with Gasteiger partial charge in [0.2, 0.25) is 11.8 Å². The first-order valence-electron chi connectivity index (χ1n) is 28.6. The number of carbonyl (C=O) groups excluding carboxylic acids is 3. The largest absolute Gasteiger partial charge is 0.496 e. The first kappa shape index (κ1) is 55.9. The summed E-state index contributed by atoms with van der Waals surface area (Å²) < 4.78 is 30.3. The zero-order valence-corrected chi connectivity index (χ0v) is 48.6. The smallest absolute Gasteiger partial charge is 0.453 e. The predicted octanol–water partition coefficient (Wildman–Crippen LogP) is 14.3. The standard InChI is InChI=1S/C27H27N3O2.C24H27ClN2O3.C14H20BNO3/c1-17(31)28-23-7-3-2-6-22(23)18-10-13-25-27(14-18)32-26-9-5-4-8-24(26)30(25)21-15-19-11-12-20(16-21)29-19;1-24(2,3)30-23(28)26-16-9-10-17(26)14-18(13-16)27-19-6-4-5-7-21(19)29-22-12-15(25)8-11-20(22)27;1-10(17)16-12-9-7-6-8-11(12)15-18-13(2,3)14(4,5)19-15/h2-10,13-14,19-21,29H,11-12,15-16H2,1H3,(H,28,31);4-8,11-12,16-18H,9-10,13-14H2,1-3H3;6-9H,1-5H3,(H,16,17)/t19-,20+,21?;16-,17+,18?;. The van der Waals surface area contributed by atoms with E-state index in [0.717, 1.165) is 112 Å². The number of halogens is 1. The fourth-order valence-electron chi connectivity index (χ4n) is 12.7. The molecule has 7 aliphatic rings. The maximum atomic E-state index is 12.8. The Kier molecular flexibility index (Phi) is 15.4. The summed E-state index contributed by atoms with van der Waals surface area (Å²) in [4.78, 5) is 42.7. The van der Waals surface area contributed by atoms with Gasteiger partial charge in [0.25, 0.3) is 0 Å². The number of rotatable bonds is 6. The van der Waals surface area contributed by atoms with Gasteiger partial charge in [-0.25, -0.2) is 4.79 Å². The number of hydrogen-bond donors (Lipinski definition) is 3.